The summed E-state index contributed by atoms with van der Waals surface area (Å²) in [6.45, 7) is 0.255. The Hall–Kier alpha value is -3.07. The molecule has 3 aromatic carbocycles. The zero-order valence-electron chi connectivity index (χ0n) is 12.6. The predicted octanol–water partition coefficient (Wildman–Crippen LogP) is 5.10. The van der Waals surface area contributed by atoms with Crippen molar-refractivity contribution in [1.82, 2.24) is 0 Å². The highest BCUT2D eigenvalue weighted by atomic mass is 16.5. The maximum atomic E-state index is 11.9. The zero-order valence-corrected chi connectivity index (χ0v) is 12.6. The van der Waals surface area contributed by atoms with Crippen LogP contribution in [-0.2, 0) is 11.3 Å². The van der Waals surface area contributed by atoms with Gasteiger partial charge in [-0.25, -0.2) is 4.79 Å². The molecule has 0 bridgehead atoms. The van der Waals surface area contributed by atoms with Crippen LogP contribution in [0.2, 0.25) is 0 Å². The average molecular weight is 303 g/mol. The monoisotopic (exact) mass is 303 g/mol. The van der Waals surface area contributed by atoms with Gasteiger partial charge in [-0.05, 0) is 28.8 Å². The molecule has 0 aromatic heterocycles. The Balaban J connectivity index is 1.63. The van der Waals surface area contributed by atoms with Crippen LogP contribution in [0.1, 0.15) is 5.56 Å². The maximum absolute atomic E-state index is 11.9. The lowest BCUT2D eigenvalue weighted by Gasteiger charge is -2.09. The van der Waals surface area contributed by atoms with E-state index in [1.54, 1.807) is 0 Å². The van der Waals surface area contributed by atoms with Crippen molar-refractivity contribution in [3.8, 4) is 11.1 Å². The summed E-state index contributed by atoms with van der Waals surface area (Å²) in [5, 5.41) is 2.76. The van der Waals surface area contributed by atoms with Crippen LogP contribution in [0.25, 0.3) is 11.1 Å². The zero-order chi connectivity index (χ0) is 15.9. The molecule has 1 amide bonds. The van der Waals surface area contributed by atoms with E-state index in [9.17, 15) is 4.79 Å². The molecule has 0 spiro atoms. The fraction of sp³-hybridized carbons (Fsp3) is 0.0500. The largest absolute Gasteiger partial charge is 0.444 e. The van der Waals surface area contributed by atoms with E-state index >= 15 is 0 Å². The van der Waals surface area contributed by atoms with E-state index < -0.39 is 6.09 Å². The second-order valence-corrected chi connectivity index (χ2v) is 5.13. The first-order valence-corrected chi connectivity index (χ1v) is 7.44. The summed E-state index contributed by atoms with van der Waals surface area (Å²) in [7, 11) is 0. The number of carbonyl (C=O) groups excluding carboxylic acids is 1. The lowest BCUT2D eigenvalue weighted by molar-refractivity contribution is 0.155. The molecule has 0 atom stereocenters. The third kappa shape index (κ3) is 4.20. The third-order valence-electron chi connectivity index (χ3n) is 3.43. The molecular weight excluding hydrogens is 286 g/mol. The van der Waals surface area contributed by atoms with Gasteiger partial charge in [0.25, 0.3) is 0 Å². The first-order chi connectivity index (χ1) is 11.3. The molecule has 0 aliphatic heterocycles. The van der Waals surface area contributed by atoms with Crippen LogP contribution in [-0.4, -0.2) is 6.09 Å². The van der Waals surface area contributed by atoms with Gasteiger partial charge < -0.3 is 4.74 Å². The molecule has 114 valence electrons. The van der Waals surface area contributed by atoms with Gasteiger partial charge >= 0.3 is 6.09 Å². The number of amides is 1. The van der Waals surface area contributed by atoms with E-state index in [1.165, 1.54) is 0 Å². The topological polar surface area (TPSA) is 38.3 Å². The Bertz CT molecular complexity index is 770. The minimum atomic E-state index is -0.459. The van der Waals surface area contributed by atoms with Gasteiger partial charge in [0.15, 0.2) is 0 Å². The number of hydrogen-bond acceptors (Lipinski definition) is 2. The highest BCUT2D eigenvalue weighted by Crippen LogP contribution is 2.22. The van der Waals surface area contributed by atoms with Crippen LogP contribution in [0, 0.1) is 0 Å². The molecule has 0 fully saturated rings. The number of ether oxygens (including phenoxy) is 1. The van der Waals surface area contributed by atoms with Crippen molar-refractivity contribution < 1.29 is 9.53 Å². The summed E-state index contributed by atoms with van der Waals surface area (Å²) in [5.41, 5.74) is 3.82. The second-order valence-electron chi connectivity index (χ2n) is 5.13. The summed E-state index contributed by atoms with van der Waals surface area (Å²) in [6.07, 6.45) is -0.459. The summed E-state index contributed by atoms with van der Waals surface area (Å²) >= 11 is 0. The molecule has 23 heavy (non-hydrogen) atoms. The minimum Gasteiger partial charge on any atom is -0.444 e. The van der Waals surface area contributed by atoms with Crippen molar-refractivity contribution in [3.05, 3.63) is 90.5 Å². The highest BCUT2D eigenvalue weighted by Gasteiger charge is 2.05. The van der Waals surface area contributed by atoms with Gasteiger partial charge in [0.1, 0.15) is 6.61 Å². The molecule has 0 heterocycles. The lowest BCUT2D eigenvalue weighted by Crippen LogP contribution is -2.13. The van der Waals surface area contributed by atoms with Crippen molar-refractivity contribution in [2.75, 3.05) is 5.32 Å². The number of carbonyl (C=O) groups is 1. The number of rotatable bonds is 4. The molecular formula is C20H17NO2. The summed E-state index contributed by atoms with van der Waals surface area (Å²) in [5.74, 6) is 0. The fourth-order valence-corrected chi connectivity index (χ4v) is 2.28. The van der Waals surface area contributed by atoms with E-state index in [2.05, 4.69) is 5.32 Å². The quantitative estimate of drug-likeness (QED) is 0.728. The average Bonchev–Trinajstić information content (AvgIpc) is 2.62. The first kappa shape index (κ1) is 14.9. The first-order valence-electron chi connectivity index (χ1n) is 7.44. The van der Waals surface area contributed by atoms with Crippen molar-refractivity contribution in [1.29, 1.82) is 0 Å². The molecule has 0 saturated carbocycles. The molecule has 3 rings (SSSR count). The Morgan fingerprint density at radius 2 is 1.43 bits per heavy atom. The Morgan fingerprint density at radius 3 is 2.17 bits per heavy atom. The Morgan fingerprint density at radius 1 is 0.783 bits per heavy atom. The molecule has 0 aliphatic rings. The Labute approximate surface area is 135 Å². The van der Waals surface area contributed by atoms with Gasteiger partial charge in [-0.15, -0.1) is 0 Å². The molecule has 0 aliphatic carbocycles. The summed E-state index contributed by atoms with van der Waals surface area (Å²) < 4.78 is 5.23. The number of anilines is 1. The van der Waals surface area contributed by atoms with Crippen LogP contribution in [0.4, 0.5) is 10.5 Å². The van der Waals surface area contributed by atoms with Gasteiger partial charge in [-0.2, -0.15) is 0 Å². The molecule has 3 nitrogen and oxygen atoms in total. The van der Waals surface area contributed by atoms with Gasteiger partial charge in [0.05, 0.1) is 0 Å². The maximum Gasteiger partial charge on any atom is 0.411 e. The fourth-order valence-electron chi connectivity index (χ4n) is 2.28. The van der Waals surface area contributed by atoms with E-state index in [1.807, 2.05) is 84.9 Å². The summed E-state index contributed by atoms with van der Waals surface area (Å²) in [4.78, 5) is 11.9. The van der Waals surface area contributed by atoms with Gasteiger partial charge in [0.2, 0.25) is 0 Å². The van der Waals surface area contributed by atoms with E-state index in [4.69, 9.17) is 4.74 Å². The normalized spacial score (nSPS) is 10.1. The standard InChI is InChI=1S/C20H17NO2/c22-20(23-15-16-8-3-1-4-9-16)21-19-13-7-12-18(14-19)17-10-5-2-6-11-17/h1-14H,15H2,(H,21,22). The van der Waals surface area contributed by atoms with Crippen LogP contribution in [0.3, 0.4) is 0 Å². The minimum absolute atomic E-state index is 0.255. The third-order valence-corrected chi connectivity index (χ3v) is 3.43. The molecule has 1 N–H and O–H groups in total. The SMILES string of the molecule is O=C(Nc1cccc(-c2ccccc2)c1)OCc1ccccc1. The van der Waals surface area contributed by atoms with Crippen molar-refractivity contribution in [2.24, 2.45) is 0 Å². The van der Waals surface area contributed by atoms with Crippen LogP contribution in [0.5, 0.6) is 0 Å². The van der Waals surface area contributed by atoms with Gasteiger partial charge in [-0.1, -0.05) is 72.8 Å². The molecule has 3 aromatic rings. The number of hydrogen-bond donors (Lipinski definition) is 1. The highest BCUT2D eigenvalue weighted by molar-refractivity contribution is 5.85. The molecule has 0 saturated heterocycles. The van der Waals surface area contributed by atoms with Crippen molar-refractivity contribution >= 4 is 11.8 Å². The lowest BCUT2D eigenvalue weighted by atomic mass is 10.1. The predicted molar refractivity (Wildman–Crippen MR) is 92.1 cm³/mol. The Kier molecular flexibility index (Phi) is 4.69. The second kappa shape index (κ2) is 7.27. The van der Waals surface area contributed by atoms with Crippen molar-refractivity contribution in [2.45, 2.75) is 6.61 Å². The summed E-state index contributed by atoms with van der Waals surface area (Å²) in [6, 6.07) is 27.3. The van der Waals surface area contributed by atoms with E-state index in [0.717, 1.165) is 16.7 Å². The number of benzene rings is 3. The van der Waals surface area contributed by atoms with Crippen LogP contribution >= 0.6 is 0 Å². The van der Waals surface area contributed by atoms with Crippen molar-refractivity contribution in [3.63, 3.8) is 0 Å². The number of nitrogens with one attached hydrogen (secondary N) is 1. The van der Waals surface area contributed by atoms with E-state index in [-0.39, 0.29) is 6.61 Å². The van der Waals surface area contributed by atoms with Crippen LogP contribution < -0.4 is 5.32 Å². The van der Waals surface area contributed by atoms with Gasteiger partial charge in [0, 0.05) is 5.69 Å². The van der Waals surface area contributed by atoms with Gasteiger partial charge in [-0.3, -0.25) is 5.32 Å². The molecule has 0 radical (unpaired) electrons. The smallest absolute Gasteiger partial charge is 0.411 e. The van der Waals surface area contributed by atoms with E-state index in [0.29, 0.717) is 5.69 Å². The molecule has 3 heteroatoms. The molecule has 0 unspecified atom stereocenters. The van der Waals surface area contributed by atoms with Crippen LogP contribution in [0.15, 0.2) is 84.9 Å².